The molecule has 10 nitrogen and oxygen atoms in total. The van der Waals surface area contributed by atoms with Gasteiger partial charge in [0.1, 0.15) is 16.4 Å². The second kappa shape index (κ2) is 17.1. The molecule has 1 atom stereocenters. The number of aliphatic hydroxyl groups excluding tert-OH is 1. The average Bonchev–Trinajstić information content (AvgIpc) is 3.58. The molecule has 3 aromatic rings. The molecule has 1 fully saturated rings. The lowest BCUT2D eigenvalue weighted by Crippen LogP contribution is -2.29. The molecule has 1 saturated heterocycles. The number of hydrogen-bond donors (Lipinski definition) is 1. The van der Waals surface area contributed by atoms with Gasteiger partial charge in [-0.1, -0.05) is 64.4 Å². The number of ketones is 1. The third-order valence-electron chi connectivity index (χ3n) is 7.65. The number of carbonyl (C=O) groups is 3. The van der Waals surface area contributed by atoms with Gasteiger partial charge < -0.3 is 24.1 Å². The van der Waals surface area contributed by atoms with Crippen molar-refractivity contribution in [2.24, 2.45) is 5.92 Å². The summed E-state index contributed by atoms with van der Waals surface area (Å²) in [4.78, 5) is 46.6. The summed E-state index contributed by atoms with van der Waals surface area (Å²) < 4.78 is 23.2. The van der Waals surface area contributed by atoms with Gasteiger partial charge in [-0.2, -0.15) is 0 Å². The molecule has 0 spiro atoms. The predicted octanol–water partition coefficient (Wildman–Crippen LogP) is 8.04. The maximum Gasteiger partial charge on any atom is 0.350 e. The lowest BCUT2D eigenvalue weighted by atomic mass is 9.95. The molecular weight excluding hydrogens is 632 g/mol. The highest BCUT2D eigenvalue weighted by Crippen LogP contribution is 2.45. The standard InChI is InChI=1S/C37H46N2O8S/c1-7-10-12-20-46-28-18-15-26(21-29(28)44-9-3)31-30(32(40)25-13-16-27(17-14-25)45-19-11-8-2)33(41)35(42)39(31)37-38-24(6)34(48-37)36(43)47-22-23(4)5/h13-18,21,23,31,40H,7-12,19-20,22H2,1-6H3. The number of carbonyl (C=O) groups excluding carboxylic acids is 3. The Morgan fingerprint density at radius 1 is 0.938 bits per heavy atom. The molecule has 0 saturated carbocycles. The van der Waals surface area contributed by atoms with Crippen LogP contribution in [0.2, 0.25) is 0 Å². The number of ether oxygens (including phenoxy) is 4. The van der Waals surface area contributed by atoms with Gasteiger partial charge >= 0.3 is 11.9 Å². The number of unbranched alkanes of at least 4 members (excludes halogenated alkanes) is 3. The Balaban J connectivity index is 1.82. The molecule has 258 valence electrons. The summed E-state index contributed by atoms with van der Waals surface area (Å²) in [5.74, 6) is -0.916. The molecule has 0 aliphatic carbocycles. The maximum absolute atomic E-state index is 13.8. The summed E-state index contributed by atoms with van der Waals surface area (Å²) in [6.07, 6.45) is 4.88. The van der Waals surface area contributed by atoms with E-state index < -0.39 is 23.7 Å². The van der Waals surface area contributed by atoms with Crippen LogP contribution in [0, 0.1) is 12.8 Å². The average molecular weight is 679 g/mol. The molecule has 0 radical (unpaired) electrons. The molecule has 1 amide bonds. The molecular formula is C37H46N2O8S. The van der Waals surface area contributed by atoms with E-state index in [0.717, 1.165) is 43.4 Å². The normalized spacial score (nSPS) is 15.6. The van der Waals surface area contributed by atoms with Crippen LogP contribution in [0.25, 0.3) is 5.76 Å². The highest BCUT2D eigenvalue weighted by Gasteiger charge is 2.48. The van der Waals surface area contributed by atoms with E-state index in [1.165, 1.54) is 4.90 Å². The van der Waals surface area contributed by atoms with Crippen LogP contribution < -0.4 is 19.1 Å². The van der Waals surface area contributed by atoms with E-state index in [1.54, 1.807) is 49.4 Å². The van der Waals surface area contributed by atoms with Gasteiger partial charge in [0.15, 0.2) is 16.6 Å². The minimum absolute atomic E-state index is 0.115. The highest BCUT2D eigenvalue weighted by molar-refractivity contribution is 7.17. The number of anilines is 1. The van der Waals surface area contributed by atoms with E-state index in [0.29, 0.717) is 53.9 Å². The predicted molar refractivity (Wildman–Crippen MR) is 186 cm³/mol. The summed E-state index contributed by atoms with van der Waals surface area (Å²) >= 11 is 0.965. The van der Waals surface area contributed by atoms with Crippen molar-refractivity contribution in [1.29, 1.82) is 0 Å². The van der Waals surface area contributed by atoms with E-state index >= 15 is 0 Å². The number of hydrogen-bond acceptors (Lipinski definition) is 10. The first-order valence-corrected chi connectivity index (χ1v) is 17.5. The van der Waals surface area contributed by atoms with E-state index in [4.69, 9.17) is 18.9 Å². The number of benzene rings is 2. The molecule has 1 aliphatic heterocycles. The van der Waals surface area contributed by atoms with Gasteiger partial charge in [-0.3, -0.25) is 14.5 Å². The smallest absolute Gasteiger partial charge is 0.350 e. The maximum atomic E-state index is 13.8. The van der Waals surface area contributed by atoms with Crippen molar-refractivity contribution in [2.45, 2.75) is 79.7 Å². The highest BCUT2D eigenvalue weighted by atomic mass is 32.1. The molecule has 2 aromatic carbocycles. The third-order valence-corrected chi connectivity index (χ3v) is 8.79. The number of amides is 1. The Hall–Kier alpha value is -4.38. The quantitative estimate of drug-likeness (QED) is 0.0497. The Bertz CT molecular complexity index is 1610. The van der Waals surface area contributed by atoms with Crippen LogP contribution in [0.5, 0.6) is 17.2 Å². The van der Waals surface area contributed by atoms with Crippen LogP contribution >= 0.6 is 11.3 Å². The van der Waals surface area contributed by atoms with Gasteiger partial charge in [-0.05, 0) is 74.6 Å². The molecule has 2 heterocycles. The summed E-state index contributed by atoms with van der Waals surface area (Å²) in [7, 11) is 0. The molecule has 4 rings (SSSR count). The number of thiazole rings is 1. The summed E-state index contributed by atoms with van der Waals surface area (Å²) in [5.41, 5.74) is 1.09. The van der Waals surface area contributed by atoms with E-state index in [9.17, 15) is 19.5 Å². The fourth-order valence-corrected chi connectivity index (χ4v) is 6.13. The summed E-state index contributed by atoms with van der Waals surface area (Å²) in [6, 6.07) is 10.9. The van der Waals surface area contributed by atoms with Crippen LogP contribution in [-0.4, -0.2) is 54.2 Å². The Kier molecular flexibility index (Phi) is 13.0. The first-order valence-electron chi connectivity index (χ1n) is 16.7. The number of rotatable bonds is 17. The zero-order valence-electron chi connectivity index (χ0n) is 28.7. The Morgan fingerprint density at radius 3 is 2.31 bits per heavy atom. The van der Waals surface area contributed by atoms with Crippen LogP contribution in [0.1, 0.15) is 99.3 Å². The molecule has 11 heteroatoms. The minimum atomic E-state index is -1.08. The monoisotopic (exact) mass is 678 g/mol. The van der Waals surface area contributed by atoms with E-state index in [-0.39, 0.29) is 33.9 Å². The summed E-state index contributed by atoms with van der Waals surface area (Å²) in [5, 5.41) is 11.8. The molecule has 1 aromatic heterocycles. The van der Waals surface area contributed by atoms with Crippen LogP contribution in [-0.2, 0) is 14.3 Å². The SMILES string of the molecule is CCCCCOc1ccc(C2C(=C(O)c3ccc(OCCCC)cc3)C(=O)C(=O)N2c2nc(C)c(C(=O)OCC(C)C)s2)cc1OCC. The number of esters is 1. The molecule has 1 unspecified atom stereocenters. The number of aromatic nitrogens is 1. The van der Waals surface area contributed by atoms with Gasteiger partial charge in [0.25, 0.3) is 5.78 Å². The number of aliphatic hydroxyl groups is 1. The first-order chi connectivity index (χ1) is 23.1. The van der Waals surface area contributed by atoms with E-state index in [1.807, 2.05) is 20.8 Å². The molecule has 1 aliphatic rings. The van der Waals surface area contributed by atoms with Crippen molar-refractivity contribution < 1.29 is 38.4 Å². The Morgan fingerprint density at radius 2 is 1.65 bits per heavy atom. The minimum Gasteiger partial charge on any atom is -0.507 e. The van der Waals surface area contributed by atoms with Gasteiger partial charge in [-0.15, -0.1) is 0 Å². The fourth-order valence-electron chi connectivity index (χ4n) is 5.14. The van der Waals surface area contributed by atoms with Crippen molar-refractivity contribution in [2.75, 3.05) is 31.3 Å². The Labute approximate surface area is 286 Å². The molecule has 48 heavy (non-hydrogen) atoms. The largest absolute Gasteiger partial charge is 0.507 e. The number of Topliss-reactive ketones (excluding diaryl/α,β-unsaturated/α-hetero) is 1. The zero-order valence-corrected chi connectivity index (χ0v) is 29.5. The molecule has 1 N–H and O–H groups in total. The van der Waals surface area contributed by atoms with Gasteiger partial charge in [0, 0.05) is 5.56 Å². The van der Waals surface area contributed by atoms with Crippen molar-refractivity contribution in [3.8, 4) is 17.2 Å². The van der Waals surface area contributed by atoms with Crippen LogP contribution in [0.3, 0.4) is 0 Å². The topological polar surface area (TPSA) is 124 Å². The van der Waals surface area contributed by atoms with E-state index in [2.05, 4.69) is 18.8 Å². The van der Waals surface area contributed by atoms with Crippen molar-refractivity contribution >= 4 is 39.9 Å². The van der Waals surface area contributed by atoms with Gasteiger partial charge in [-0.25, -0.2) is 9.78 Å². The first kappa shape index (κ1) is 36.5. The van der Waals surface area contributed by atoms with Gasteiger partial charge in [0.2, 0.25) is 0 Å². The van der Waals surface area contributed by atoms with Crippen LogP contribution in [0.4, 0.5) is 5.13 Å². The lowest BCUT2D eigenvalue weighted by Gasteiger charge is -2.24. The lowest BCUT2D eigenvalue weighted by molar-refractivity contribution is -0.132. The number of aryl methyl sites for hydroxylation is 1. The van der Waals surface area contributed by atoms with Crippen molar-refractivity contribution in [3.63, 3.8) is 0 Å². The second-order valence-corrected chi connectivity index (χ2v) is 13.0. The van der Waals surface area contributed by atoms with Crippen molar-refractivity contribution in [1.82, 2.24) is 4.98 Å². The van der Waals surface area contributed by atoms with Gasteiger partial charge in [0.05, 0.1) is 43.7 Å². The third kappa shape index (κ3) is 8.55. The number of nitrogens with zero attached hydrogens (tertiary/aromatic N) is 2. The van der Waals surface area contributed by atoms with Crippen molar-refractivity contribution in [3.05, 3.63) is 69.7 Å². The summed E-state index contributed by atoms with van der Waals surface area (Å²) in [6.45, 7) is 13.2. The van der Waals surface area contributed by atoms with Crippen LogP contribution in [0.15, 0.2) is 48.0 Å². The second-order valence-electron chi connectivity index (χ2n) is 12.0. The zero-order chi connectivity index (χ0) is 34.8. The fraction of sp³-hybridized carbons (Fsp3) is 0.459. The molecule has 0 bridgehead atoms.